The Bertz CT molecular complexity index is 925. The number of hydrogen-bond donors (Lipinski definition) is 2. The molecule has 2 N–H and O–H groups in total. The highest BCUT2D eigenvalue weighted by atomic mass is 16.5. The van der Waals surface area contributed by atoms with Gasteiger partial charge in [0.2, 0.25) is 0 Å². The maximum absolute atomic E-state index is 10.8. The van der Waals surface area contributed by atoms with E-state index in [9.17, 15) is 10.4 Å². The fourth-order valence-electron chi connectivity index (χ4n) is 2.83. The van der Waals surface area contributed by atoms with Crippen LogP contribution < -0.4 is 10.1 Å². The Hall–Kier alpha value is -3.42. The number of aliphatic hydroxyl groups is 1. The van der Waals surface area contributed by atoms with Crippen molar-refractivity contribution in [2.45, 2.75) is 31.6 Å². The molecular formula is C19H17N5O2. The van der Waals surface area contributed by atoms with Crippen LogP contribution in [0.3, 0.4) is 0 Å². The van der Waals surface area contributed by atoms with Crippen molar-refractivity contribution in [1.82, 2.24) is 10.3 Å². The summed E-state index contributed by atoms with van der Waals surface area (Å²) in [4.78, 5) is 8.77. The van der Waals surface area contributed by atoms with E-state index in [-0.39, 0.29) is 5.84 Å². The molecule has 0 bridgehead atoms. The molecule has 1 aromatic heterocycles. The molecule has 1 aliphatic heterocycles. The van der Waals surface area contributed by atoms with E-state index in [1.165, 1.54) is 0 Å². The molecule has 3 rings (SSSR count). The summed E-state index contributed by atoms with van der Waals surface area (Å²) in [5, 5.41) is 31.6. The molecule has 0 fully saturated rings. The minimum absolute atomic E-state index is 0.239. The molecule has 1 aliphatic rings. The van der Waals surface area contributed by atoms with Gasteiger partial charge in [-0.25, -0.2) is 0 Å². The minimum atomic E-state index is -0.983. The first kappa shape index (κ1) is 17.4. The molecule has 2 atom stereocenters. The molecule has 2 aromatic rings. The van der Waals surface area contributed by atoms with Gasteiger partial charge in [-0.15, -0.1) is 0 Å². The number of fused-ring (bicyclic) bond motifs is 1. The van der Waals surface area contributed by atoms with Gasteiger partial charge in [0, 0.05) is 11.8 Å². The van der Waals surface area contributed by atoms with Crippen LogP contribution in [-0.4, -0.2) is 27.6 Å². The van der Waals surface area contributed by atoms with E-state index in [2.05, 4.69) is 21.4 Å². The van der Waals surface area contributed by atoms with Gasteiger partial charge in [0.25, 0.3) is 0 Å². The maximum atomic E-state index is 10.8. The predicted octanol–water partition coefficient (Wildman–Crippen LogP) is 2.04. The molecule has 7 nitrogen and oxygen atoms in total. The summed E-state index contributed by atoms with van der Waals surface area (Å²) in [5.41, 5.74) is 0.608. The summed E-state index contributed by atoms with van der Waals surface area (Å²) in [7, 11) is 0. The zero-order valence-corrected chi connectivity index (χ0v) is 14.3. The van der Waals surface area contributed by atoms with Crippen LogP contribution in [-0.2, 0) is 0 Å². The van der Waals surface area contributed by atoms with E-state index in [0.717, 1.165) is 0 Å². The molecule has 2 heterocycles. The topological polar surface area (TPSA) is 114 Å². The smallest absolute Gasteiger partial charge is 0.182 e. The van der Waals surface area contributed by atoms with Crippen molar-refractivity contribution in [3.05, 3.63) is 59.4 Å². The zero-order chi connectivity index (χ0) is 18.7. The second-order valence-electron chi connectivity index (χ2n) is 6.39. The summed E-state index contributed by atoms with van der Waals surface area (Å²) in [6, 6.07) is 11.6. The zero-order valence-electron chi connectivity index (χ0n) is 14.3. The highest BCUT2D eigenvalue weighted by Gasteiger charge is 2.43. The predicted molar refractivity (Wildman–Crippen MR) is 94.1 cm³/mol. The number of aromatic nitrogens is 1. The fourth-order valence-corrected chi connectivity index (χ4v) is 2.83. The summed E-state index contributed by atoms with van der Waals surface area (Å²) < 4.78 is 5.88. The number of hydrogen-bond acceptors (Lipinski definition) is 6. The number of pyridine rings is 1. The molecule has 0 spiro atoms. The lowest BCUT2D eigenvalue weighted by Crippen LogP contribution is -2.48. The first-order valence-corrected chi connectivity index (χ1v) is 8.01. The lowest BCUT2D eigenvalue weighted by Gasteiger charge is -2.40. The Balaban J connectivity index is 2.15. The average Bonchev–Trinajstić information content (AvgIpc) is 2.65. The molecule has 0 saturated heterocycles. The second kappa shape index (κ2) is 6.83. The lowest BCUT2D eigenvalue weighted by molar-refractivity contribution is -0.0567. The van der Waals surface area contributed by atoms with Crippen molar-refractivity contribution in [1.29, 1.82) is 10.5 Å². The Morgan fingerprint density at radius 1 is 1.31 bits per heavy atom. The average molecular weight is 347 g/mol. The van der Waals surface area contributed by atoms with Crippen LogP contribution in [0.5, 0.6) is 5.75 Å². The van der Waals surface area contributed by atoms with E-state index in [0.29, 0.717) is 22.6 Å². The summed E-state index contributed by atoms with van der Waals surface area (Å²) in [5.74, 6) is 0.786. The van der Waals surface area contributed by atoms with Gasteiger partial charge in [-0.3, -0.25) is 15.3 Å². The lowest BCUT2D eigenvalue weighted by atomic mass is 9.86. The molecule has 2 unspecified atom stereocenters. The van der Waals surface area contributed by atoms with Crippen LogP contribution >= 0.6 is 0 Å². The van der Waals surface area contributed by atoms with E-state index >= 15 is 0 Å². The summed E-state index contributed by atoms with van der Waals surface area (Å²) in [6.07, 6.45) is 2.46. The quantitative estimate of drug-likeness (QED) is 0.372. The maximum Gasteiger partial charge on any atom is 0.182 e. The Morgan fingerprint density at radius 2 is 2.12 bits per heavy atom. The molecule has 0 amide bonds. The molecule has 7 heteroatoms. The summed E-state index contributed by atoms with van der Waals surface area (Å²) >= 11 is 0. The van der Waals surface area contributed by atoms with Gasteiger partial charge in [0.05, 0.1) is 11.6 Å². The van der Waals surface area contributed by atoms with Gasteiger partial charge in [-0.05, 0) is 44.2 Å². The standard InChI is InChI=1S/C19H17N5O2/c1-19(2)17(25)16(13-9-12(10-20)6-7-15(13)26-19)24-18(23-11-21)14-5-3-4-8-22-14/h3-9,16-17,25H,1-2H3,(H,23,24). The highest BCUT2D eigenvalue weighted by Crippen LogP contribution is 2.42. The molecule has 0 aliphatic carbocycles. The number of benzene rings is 1. The van der Waals surface area contributed by atoms with Crippen molar-refractivity contribution in [2.24, 2.45) is 4.99 Å². The van der Waals surface area contributed by atoms with Crippen LogP contribution in [0.2, 0.25) is 0 Å². The largest absolute Gasteiger partial charge is 0.485 e. The van der Waals surface area contributed by atoms with Crippen LogP contribution in [0.4, 0.5) is 0 Å². The van der Waals surface area contributed by atoms with Gasteiger partial charge < -0.3 is 9.84 Å². The number of nitrogens with zero attached hydrogens (tertiary/aromatic N) is 4. The number of aliphatic hydroxyl groups excluding tert-OH is 1. The first-order valence-electron chi connectivity index (χ1n) is 8.01. The monoisotopic (exact) mass is 347 g/mol. The van der Waals surface area contributed by atoms with Crippen LogP contribution in [0.1, 0.15) is 36.7 Å². The van der Waals surface area contributed by atoms with Gasteiger partial charge in [-0.1, -0.05) is 6.07 Å². The Kier molecular flexibility index (Phi) is 4.57. The number of rotatable bonds is 2. The van der Waals surface area contributed by atoms with Crippen LogP contribution in [0.15, 0.2) is 47.6 Å². The van der Waals surface area contributed by atoms with Crippen molar-refractivity contribution >= 4 is 5.84 Å². The van der Waals surface area contributed by atoms with Crippen LogP contribution in [0, 0.1) is 22.8 Å². The van der Waals surface area contributed by atoms with E-state index in [1.807, 2.05) is 6.19 Å². The van der Waals surface area contributed by atoms with Crippen molar-refractivity contribution in [3.8, 4) is 18.0 Å². The Labute approximate surface area is 151 Å². The third kappa shape index (κ3) is 3.21. The number of ether oxygens (including phenoxy) is 1. The molecule has 0 radical (unpaired) electrons. The third-order valence-electron chi connectivity index (χ3n) is 4.19. The molecule has 130 valence electrons. The van der Waals surface area contributed by atoms with E-state index < -0.39 is 17.7 Å². The summed E-state index contributed by atoms with van der Waals surface area (Å²) in [6.45, 7) is 3.53. The van der Waals surface area contributed by atoms with Gasteiger partial charge in [0.15, 0.2) is 12.0 Å². The number of nitrogens with one attached hydrogen (secondary N) is 1. The number of aliphatic imine (C=N–C) groups is 1. The SMILES string of the molecule is CC1(C)Oc2ccc(C#N)cc2C(N=C(NC#N)c2ccccn2)C1O. The molecule has 1 aromatic carbocycles. The van der Waals surface area contributed by atoms with E-state index in [1.54, 1.807) is 56.4 Å². The molecule has 0 saturated carbocycles. The number of nitriles is 2. The molecular weight excluding hydrogens is 330 g/mol. The third-order valence-corrected chi connectivity index (χ3v) is 4.19. The van der Waals surface area contributed by atoms with Gasteiger partial charge >= 0.3 is 0 Å². The van der Waals surface area contributed by atoms with Gasteiger partial charge in [-0.2, -0.15) is 10.5 Å². The minimum Gasteiger partial charge on any atom is -0.485 e. The number of amidine groups is 1. The van der Waals surface area contributed by atoms with Crippen molar-refractivity contribution in [3.63, 3.8) is 0 Å². The highest BCUT2D eigenvalue weighted by molar-refractivity contribution is 5.98. The van der Waals surface area contributed by atoms with Crippen LogP contribution in [0.25, 0.3) is 0 Å². The van der Waals surface area contributed by atoms with E-state index in [4.69, 9.17) is 10.00 Å². The first-order chi connectivity index (χ1) is 12.5. The van der Waals surface area contributed by atoms with Crippen molar-refractivity contribution in [2.75, 3.05) is 0 Å². The fraction of sp³-hybridized carbons (Fsp3) is 0.263. The molecule has 26 heavy (non-hydrogen) atoms. The second-order valence-corrected chi connectivity index (χ2v) is 6.39. The Morgan fingerprint density at radius 3 is 2.77 bits per heavy atom. The van der Waals surface area contributed by atoms with Crippen molar-refractivity contribution < 1.29 is 9.84 Å². The van der Waals surface area contributed by atoms with Gasteiger partial charge in [0.1, 0.15) is 29.2 Å². The normalized spacial score (nSPS) is 20.9.